The van der Waals surface area contributed by atoms with Crippen molar-refractivity contribution in [3.63, 3.8) is 0 Å². The van der Waals surface area contributed by atoms with Crippen molar-refractivity contribution in [3.05, 3.63) is 0 Å². The molecule has 0 radical (unpaired) electrons. The van der Waals surface area contributed by atoms with Crippen LogP contribution in [0.5, 0.6) is 0 Å². The number of hydrogen-bond acceptors (Lipinski definition) is 0. The third-order valence-electron chi connectivity index (χ3n) is 0. The molecule has 0 atom stereocenters. The van der Waals surface area contributed by atoms with E-state index >= 15 is 0 Å². The predicted molar refractivity (Wildman–Crippen MR) is 54.0 cm³/mol. The van der Waals surface area contributed by atoms with E-state index in [2.05, 4.69) is 28.3 Å². The fourth-order valence-corrected chi connectivity index (χ4v) is 0. The van der Waals surface area contributed by atoms with Gasteiger partial charge in [-0.2, -0.15) is 0 Å². The molecule has 0 bridgehead atoms. The molecule has 0 rings (SSSR count). The second kappa shape index (κ2) is 446. The molecule has 0 fully saturated rings. The first-order valence-electron chi connectivity index (χ1n) is 0.252. The van der Waals surface area contributed by atoms with Gasteiger partial charge >= 0.3 is 39.5 Å². The van der Waals surface area contributed by atoms with Gasteiger partial charge in [-0.25, -0.2) is 0 Å². The normalized spacial score (nSPS) is 1.69. The fraction of sp³-hybridized carbons (Fsp3) is 0. The van der Waals surface area contributed by atoms with E-state index in [1.807, 2.05) is 0 Å². The Morgan fingerprint density at radius 3 is 0.385 bits per heavy atom. The van der Waals surface area contributed by atoms with E-state index in [0.717, 1.165) is 11.1 Å². The summed E-state index contributed by atoms with van der Waals surface area (Å²) in [6, 6.07) is 0. The van der Waals surface area contributed by atoms with Gasteiger partial charge in [-0.1, -0.05) is 0 Å². The molecule has 0 spiro atoms. The van der Waals surface area contributed by atoms with Crippen molar-refractivity contribution >= 4 is 28.3 Å². The maximum absolute atomic E-state index is 3.03. The maximum atomic E-state index is 3.03. The zero-order valence-corrected chi connectivity index (χ0v) is 10.3. The van der Waals surface area contributed by atoms with Crippen molar-refractivity contribution in [2.75, 3.05) is 0 Å². The average Bonchev–Trinajstić information content (AvgIpc) is 0.918. The monoisotopic (exact) mass is 397 g/mol. The molecule has 0 aliphatic rings. The van der Waals surface area contributed by atoms with Crippen molar-refractivity contribution in [1.82, 2.24) is 0 Å². The summed E-state index contributed by atoms with van der Waals surface area (Å²) >= 11 is 7.12. The molecule has 0 amide bonds. The average molecular weight is 399 g/mol. The van der Waals surface area contributed by atoms with Gasteiger partial charge in [-0.05, 0) is 0 Å². The summed E-state index contributed by atoms with van der Waals surface area (Å²) < 4.78 is 0. The second-order valence-electron chi connectivity index (χ2n) is 0.0476. The van der Waals surface area contributed by atoms with E-state index in [9.17, 15) is 0 Å². The van der Waals surface area contributed by atoms with Gasteiger partial charge in [-0.3, -0.25) is 0 Å². The molecule has 13 heavy (non-hydrogen) atoms. The Labute approximate surface area is 94.2 Å². The molecule has 13 heteroatoms. The fourth-order valence-electron chi connectivity index (χ4n) is 0. The van der Waals surface area contributed by atoms with Crippen LogP contribution in [0.25, 0.3) is 0 Å². The Kier molecular flexibility index (Phi) is 8750. The van der Waals surface area contributed by atoms with Crippen LogP contribution in [0, 0.1) is 0 Å². The third kappa shape index (κ3) is 1410. The van der Waals surface area contributed by atoms with Crippen LogP contribution in [0.4, 0.5) is 0 Å². The molecule has 103 valence electrons. The summed E-state index contributed by atoms with van der Waals surface area (Å²) in [6.45, 7) is 0. The summed E-state index contributed by atoms with van der Waals surface area (Å²) in [5.41, 5.74) is 0. The molecule has 0 unspecified atom stereocenters. The van der Waals surface area contributed by atoms with E-state index in [-0.39, 0.29) is 54.8 Å². The Morgan fingerprint density at radius 1 is 0.385 bits per heavy atom. The molecule has 0 saturated heterocycles. The number of halogens is 2. The van der Waals surface area contributed by atoms with E-state index in [4.69, 9.17) is 0 Å². The minimum absolute atomic E-state index is 0. The molecule has 10 nitrogen and oxygen atoms in total. The van der Waals surface area contributed by atoms with E-state index in [1.54, 1.807) is 0 Å². The molecule has 0 aromatic rings. The van der Waals surface area contributed by atoms with Gasteiger partial charge in [0.1, 0.15) is 0 Å². The van der Waals surface area contributed by atoms with Gasteiger partial charge in [0.05, 0.1) is 0 Å². The van der Waals surface area contributed by atoms with Crippen molar-refractivity contribution in [2.45, 2.75) is 0 Å². The van der Waals surface area contributed by atoms with Crippen molar-refractivity contribution in [2.24, 2.45) is 0 Å². The van der Waals surface area contributed by atoms with Gasteiger partial charge in [0.25, 0.3) is 0 Å². The SMILES string of the molecule is O.O.O.O.O.O.O.O.O.O.[Br][Co][Br]. The number of rotatable bonds is 0. The topological polar surface area (TPSA) is 315 Å². The van der Waals surface area contributed by atoms with Gasteiger partial charge in [0, 0.05) is 0 Å². The summed E-state index contributed by atoms with van der Waals surface area (Å²) in [5.74, 6) is 0. The third-order valence-corrected chi connectivity index (χ3v) is 0. The van der Waals surface area contributed by atoms with Crippen molar-refractivity contribution in [1.29, 1.82) is 0 Å². The Hall–Kier alpha value is 1.07. The van der Waals surface area contributed by atoms with Crippen LogP contribution in [0.2, 0.25) is 0 Å². The molecule has 20 N–H and O–H groups in total. The van der Waals surface area contributed by atoms with Crippen molar-refractivity contribution in [3.8, 4) is 0 Å². The zero-order chi connectivity index (χ0) is 2.71. The molecule has 0 saturated carbocycles. The minimum atomic E-state index is 0. The van der Waals surface area contributed by atoms with Crippen LogP contribution < -0.4 is 0 Å². The van der Waals surface area contributed by atoms with Crippen LogP contribution in [0.1, 0.15) is 0 Å². The Morgan fingerprint density at radius 2 is 0.385 bits per heavy atom. The van der Waals surface area contributed by atoms with Gasteiger partial charge < -0.3 is 54.8 Å². The van der Waals surface area contributed by atoms with Crippen LogP contribution >= 0.6 is 28.3 Å². The van der Waals surface area contributed by atoms with Crippen LogP contribution in [-0.2, 0) is 11.1 Å². The van der Waals surface area contributed by atoms with Gasteiger partial charge in [0.15, 0.2) is 0 Å². The first kappa shape index (κ1) is 255. The summed E-state index contributed by atoms with van der Waals surface area (Å²) in [5, 5.41) is 0. The quantitative estimate of drug-likeness (QED) is 0.367. The summed E-state index contributed by atoms with van der Waals surface area (Å²) in [7, 11) is 0. The molecule has 0 aromatic carbocycles. The Balaban J connectivity index is -0.000000000444. The standard InChI is InChI=1S/2BrH.Co.10H2O/h2*1H;;10*1H2/q;;+2;;;;;;;;;;/p-2. The van der Waals surface area contributed by atoms with E-state index in [0.29, 0.717) is 0 Å². The zero-order valence-electron chi connectivity index (χ0n) is 6.09. The predicted octanol–water partition coefficient (Wildman–Crippen LogP) is -6.56. The molecular formula is H20Br2CoO10. The summed E-state index contributed by atoms with van der Waals surface area (Å²) in [6.07, 6.45) is 0. The van der Waals surface area contributed by atoms with E-state index < -0.39 is 0 Å². The van der Waals surface area contributed by atoms with Crippen molar-refractivity contribution < 1.29 is 65.9 Å². The van der Waals surface area contributed by atoms with Gasteiger partial charge in [-0.15, -0.1) is 0 Å². The number of hydrogen-bond donors (Lipinski definition) is 0. The molecule has 0 aliphatic carbocycles. The molecular weight excluding hydrogens is 379 g/mol. The summed E-state index contributed by atoms with van der Waals surface area (Å²) in [4.78, 5) is 0. The van der Waals surface area contributed by atoms with Crippen LogP contribution in [0.15, 0.2) is 0 Å². The molecule has 0 heterocycles. The first-order valence-corrected chi connectivity index (χ1v) is 5.40. The van der Waals surface area contributed by atoms with Crippen LogP contribution in [-0.4, -0.2) is 54.8 Å². The second-order valence-corrected chi connectivity index (χ2v) is 5.30. The van der Waals surface area contributed by atoms with E-state index in [1.165, 1.54) is 0 Å². The van der Waals surface area contributed by atoms with Crippen LogP contribution in [0.3, 0.4) is 0 Å². The Bertz CT molecular complexity index is 12.9. The molecule has 0 aliphatic heterocycles. The van der Waals surface area contributed by atoms with Gasteiger partial charge in [0.2, 0.25) is 0 Å². The molecule has 0 aromatic heterocycles. The first-order chi connectivity index (χ1) is 1.41.